The Balaban J connectivity index is 2.09. The van der Waals surface area contributed by atoms with Crippen LogP contribution in [0.4, 0.5) is 9.52 Å². The Hall–Kier alpha value is -1.65. The van der Waals surface area contributed by atoms with E-state index in [9.17, 15) is 4.39 Å². The van der Waals surface area contributed by atoms with E-state index in [2.05, 4.69) is 10.2 Å². The van der Waals surface area contributed by atoms with Crippen LogP contribution in [0.1, 0.15) is 11.1 Å². The van der Waals surface area contributed by atoms with Crippen molar-refractivity contribution in [2.24, 2.45) is 0 Å². The van der Waals surface area contributed by atoms with Gasteiger partial charge >= 0.3 is 0 Å². The molecule has 2 rings (SSSR count). The fraction of sp³-hybridized carbons (Fsp3) is 0.100. The number of benzene rings is 1. The molecule has 0 unspecified atom stereocenters. The quantitative estimate of drug-likeness (QED) is 0.863. The fourth-order valence-corrected chi connectivity index (χ4v) is 2.79. The molecule has 1 aromatic heterocycles. The Morgan fingerprint density at radius 3 is 2.88 bits per heavy atom. The van der Waals surface area contributed by atoms with Crippen LogP contribution >= 0.6 is 23.1 Å². The minimum Gasteiger partial charge on any atom is -0.374 e. The van der Waals surface area contributed by atoms with Crippen molar-refractivity contribution in [1.29, 1.82) is 5.26 Å². The number of hydrogen-bond donors (Lipinski definition) is 1. The molecule has 1 heterocycles. The monoisotopic (exact) mass is 266 g/mol. The maximum absolute atomic E-state index is 13.1. The predicted octanol–water partition coefficient (Wildman–Crippen LogP) is 2.42. The normalized spacial score (nSPS) is 10.1. The molecule has 0 amide bonds. The molecule has 0 atom stereocenters. The number of anilines is 1. The molecule has 17 heavy (non-hydrogen) atoms. The first-order valence-electron chi connectivity index (χ1n) is 4.59. The first kappa shape index (κ1) is 11.8. The SMILES string of the molecule is N#Cc1cc(F)cc(CSc2nnc(N)s2)c1. The van der Waals surface area contributed by atoms with E-state index in [1.807, 2.05) is 6.07 Å². The van der Waals surface area contributed by atoms with Crippen LogP contribution < -0.4 is 5.73 Å². The number of rotatable bonds is 3. The van der Waals surface area contributed by atoms with Gasteiger partial charge in [0.1, 0.15) is 5.82 Å². The summed E-state index contributed by atoms with van der Waals surface area (Å²) >= 11 is 2.69. The molecule has 7 heteroatoms. The number of nitriles is 1. The van der Waals surface area contributed by atoms with Crippen LogP contribution in [-0.4, -0.2) is 10.2 Å². The summed E-state index contributed by atoms with van der Waals surface area (Å²) in [7, 11) is 0. The van der Waals surface area contributed by atoms with Gasteiger partial charge in [-0.1, -0.05) is 23.1 Å². The lowest BCUT2D eigenvalue weighted by molar-refractivity contribution is 0.626. The molecule has 0 bridgehead atoms. The average molecular weight is 266 g/mol. The van der Waals surface area contributed by atoms with E-state index in [0.29, 0.717) is 16.4 Å². The van der Waals surface area contributed by atoms with E-state index >= 15 is 0 Å². The Kier molecular flexibility index (Phi) is 3.56. The molecule has 0 aliphatic carbocycles. The van der Waals surface area contributed by atoms with Crippen LogP contribution in [-0.2, 0) is 5.75 Å². The van der Waals surface area contributed by atoms with Crippen molar-refractivity contribution in [1.82, 2.24) is 10.2 Å². The van der Waals surface area contributed by atoms with Gasteiger partial charge in [-0.05, 0) is 23.8 Å². The number of nitrogens with zero attached hydrogens (tertiary/aromatic N) is 3. The van der Waals surface area contributed by atoms with E-state index in [-0.39, 0.29) is 0 Å². The third-order valence-corrected chi connectivity index (χ3v) is 3.83. The molecular weight excluding hydrogens is 259 g/mol. The molecule has 2 N–H and O–H groups in total. The van der Waals surface area contributed by atoms with Crippen LogP contribution in [0.2, 0.25) is 0 Å². The Bertz CT molecular complexity index is 576. The van der Waals surface area contributed by atoms with Crippen LogP contribution in [0.3, 0.4) is 0 Å². The zero-order chi connectivity index (χ0) is 12.3. The minimum atomic E-state index is -0.406. The number of thioether (sulfide) groups is 1. The molecule has 0 aliphatic heterocycles. The van der Waals surface area contributed by atoms with Crippen LogP contribution in [0.5, 0.6) is 0 Å². The van der Waals surface area contributed by atoms with Crippen LogP contribution in [0.15, 0.2) is 22.5 Å². The largest absolute Gasteiger partial charge is 0.374 e. The molecule has 2 aromatic rings. The minimum absolute atomic E-state index is 0.317. The highest BCUT2D eigenvalue weighted by atomic mass is 32.2. The number of hydrogen-bond acceptors (Lipinski definition) is 6. The molecule has 4 nitrogen and oxygen atoms in total. The van der Waals surface area contributed by atoms with Gasteiger partial charge in [0.2, 0.25) is 5.13 Å². The van der Waals surface area contributed by atoms with Gasteiger partial charge in [-0.25, -0.2) is 4.39 Å². The second kappa shape index (κ2) is 5.12. The van der Waals surface area contributed by atoms with Crippen molar-refractivity contribution in [3.63, 3.8) is 0 Å². The van der Waals surface area contributed by atoms with Gasteiger partial charge in [0.15, 0.2) is 4.34 Å². The first-order chi connectivity index (χ1) is 8.17. The number of halogens is 1. The summed E-state index contributed by atoms with van der Waals surface area (Å²) in [5.41, 5.74) is 6.50. The number of nitrogen functional groups attached to an aromatic ring is 1. The molecule has 1 aromatic carbocycles. The third kappa shape index (κ3) is 3.15. The van der Waals surface area contributed by atoms with E-state index < -0.39 is 5.82 Å². The third-order valence-electron chi connectivity index (χ3n) is 1.87. The van der Waals surface area contributed by atoms with Gasteiger partial charge < -0.3 is 5.73 Å². The van der Waals surface area contributed by atoms with Crippen LogP contribution in [0.25, 0.3) is 0 Å². The maximum atomic E-state index is 13.1. The molecule has 0 fully saturated rings. The summed E-state index contributed by atoms with van der Waals surface area (Å²) in [6.45, 7) is 0. The first-order valence-corrected chi connectivity index (χ1v) is 6.39. The maximum Gasteiger partial charge on any atom is 0.203 e. The van der Waals surface area contributed by atoms with Crippen molar-refractivity contribution in [3.8, 4) is 6.07 Å². The van der Waals surface area contributed by atoms with Crippen molar-refractivity contribution < 1.29 is 4.39 Å². The van der Waals surface area contributed by atoms with Crippen molar-refractivity contribution in [2.45, 2.75) is 10.1 Å². The standard InChI is InChI=1S/C10H7FN4S2/c11-8-2-6(4-12)1-7(3-8)5-16-10-15-14-9(13)17-10/h1-3H,5H2,(H2,13,14). The lowest BCUT2D eigenvalue weighted by atomic mass is 10.1. The highest BCUT2D eigenvalue weighted by molar-refractivity contribution is 8.00. The summed E-state index contributed by atoms with van der Waals surface area (Å²) in [6.07, 6.45) is 0. The van der Waals surface area contributed by atoms with Gasteiger partial charge in [0, 0.05) is 5.75 Å². The van der Waals surface area contributed by atoms with E-state index in [4.69, 9.17) is 11.0 Å². The summed E-state index contributed by atoms with van der Waals surface area (Å²) in [5.74, 6) is 0.123. The highest BCUT2D eigenvalue weighted by Gasteiger charge is 2.05. The van der Waals surface area contributed by atoms with Crippen molar-refractivity contribution >= 4 is 28.2 Å². The van der Waals surface area contributed by atoms with Crippen molar-refractivity contribution in [3.05, 3.63) is 35.1 Å². The predicted molar refractivity (Wildman–Crippen MR) is 65.0 cm³/mol. The van der Waals surface area contributed by atoms with Gasteiger partial charge in [0.25, 0.3) is 0 Å². The molecule has 86 valence electrons. The van der Waals surface area contributed by atoms with Gasteiger partial charge in [-0.2, -0.15) is 5.26 Å². The topological polar surface area (TPSA) is 75.6 Å². The average Bonchev–Trinajstić information content (AvgIpc) is 2.72. The summed E-state index contributed by atoms with van der Waals surface area (Å²) in [4.78, 5) is 0. The highest BCUT2D eigenvalue weighted by Crippen LogP contribution is 2.27. The second-order valence-electron chi connectivity index (χ2n) is 3.15. The van der Waals surface area contributed by atoms with Crippen molar-refractivity contribution in [2.75, 3.05) is 5.73 Å². The fourth-order valence-electron chi connectivity index (χ4n) is 1.22. The number of aromatic nitrogens is 2. The smallest absolute Gasteiger partial charge is 0.203 e. The lowest BCUT2D eigenvalue weighted by Crippen LogP contribution is -1.86. The molecule has 0 aliphatic rings. The van der Waals surface area contributed by atoms with E-state index in [1.165, 1.54) is 35.2 Å². The van der Waals surface area contributed by atoms with E-state index in [1.54, 1.807) is 6.07 Å². The Morgan fingerprint density at radius 2 is 2.24 bits per heavy atom. The van der Waals surface area contributed by atoms with Gasteiger partial charge in [0.05, 0.1) is 11.6 Å². The second-order valence-corrected chi connectivity index (χ2v) is 5.39. The summed E-state index contributed by atoms with van der Waals surface area (Å²) < 4.78 is 13.9. The Morgan fingerprint density at radius 1 is 1.41 bits per heavy atom. The molecule has 0 saturated heterocycles. The zero-order valence-electron chi connectivity index (χ0n) is 8.55. The lowest BCUT2D eigenvalue weighted by Gasteiger charge is -2.00. The zero-order valence-corrected chi connectivity index (χ0v) is 10.2. The van der Waals surface area contributed by atoms with Crippen LogP contribution in [0, 0.1) is 17.1 Å². The molecule has 0 spiro atoms. The molecular formula is C10H7FN4S2. The summed E-state index contributed by atoms with van der Waals surface area (Å²) in [5, 5.41) is 16.6. The summed E-state index contributed by atoms with van der Waals surface area (Å²) in [6, 6.07) is 6.18. The van der Waals surface area contributed by atoms with Gasteiger partial charge in [-0.3, -0.25) is 0 Å². The number of nitrogens with two attached hydrogens (primary N) is 1. The Labute approximate surface area is 105 Å². The van der Waals surface area contributed by atoms with Gasteiger partial charge in [-0.15, -0.1) is 10.2 Å². The molecule has 0 radical (unpaired) electrons. The molecule has 0 saturated carbocycles. The van der Waals surface area contributed by atoms with E-state index in [0.717, 1.165) is 9.90 Å².